The molecule has 5 heteroatoms. The summed E-state index contributed by atoms with van der Waals surface area (Å²) in [5, 5.41) is 11.3. The summed E-state index contributed by atoms with van der Waals surface area (Å²) in [5.41, 5.74) is 1.07. The summed E-state index contributed by atoms with van der Waals surface area (Å²) < 4.78 is 0. The van der Waals surface area contributed by atoms with Gasteiger partial charge in [-0.3, -0.25) is 14.5 Å². The second kappa shape index (κ2) is 8.32. The number of carboxylic acid groups (broad SMARTS) is 1. The van der Waals surface area contributed by atoms with Gasteiger partial charge in [-0.25, -0.2) is 0 Å². The van der Waals surface area contributed by atoms with Crippen molar-refractivity contribution in [2.45, 2.75) is 31.7 Å². The van der Waals surface area contributed by atoms with Crippen molar-refractivity contribution in [2.24, 2.45) is 0 Å². The molecule has 138 valence electrons. The minimum Gasteiger partial charge on any atom is -0.480 e. The molecule has 0 aliphatic carbocycles. The molecule has 1 aliphatic heterocycles. The summed E-state index contributed by atoms with van der Waals surface area (Å²) >= 11 is 0. The van der Waals surface area contributed by atoms with Crippen LogP contribution in [0.15, 0.2) is 42.5 Å². The van der Waals surface area contributed by atoms with Crippen molar-refractivity contribution in [1.29, 1.82) is 0 Å². The first-order chi connectivity index (χ1) is 12.5. The Bertz CT molecular complexity index is 784. The molecule has 0 spiro atoms. The number of carboxylic acids is 1. The van der Waals surface area contributed by atoms with Crippen LogP contribution in [0.3, 0.4) is 0 Å². The number of aliphatic carboxylic acids is 1. The number of fused-ring (bicyclic) bond motifs is 1. The molecule has 1 saturated heterocycles. The van der Waals surface area contributed by atoms with E-state index in [9.17, 15) is 9.59 Å². The van der Waals surface area contributed by atoms with E-state index in [1.165, 1.54) is 0 Å². The zero-order chi connectivity index (χ0) is 18.5. The topological polar surface area (TPSA) is 60.9 Å². The van der Waals surface area contributed by atoms with Crippen LogP contribution in [0, 0.1) is 0 Å². The molecular formula is C21H26N2O3. The molecule has 1 heterocycles. The van der Waals surface area contributed by atoms with Crippen molar-refractivity contribution in [3.05, 3.63) is 48.0 Å². The summed E-state index contributed by atoms with van der Waals surface area (Å²) in [5.74, 6) is -0.650. The highest BCUT2D eigenvalue weighted by Gasteiger charge is 2.24. The van der Waals surface area contributed by atoms with Crippen LogP contribution >= 0.6 is 0 Å². The molecule has 3 rings (SSSR count). The van der Waals surface area contributed by atoms with Gasteiger partial charge in [0.2, 0.25) is 5.91 Å². The van der Waals surface area contributed by atoms with Gasteiger partial charge in [0.25, 0.3) is 0 Å². The van der Waals surface area contributed by atoms with Crippen molar-refractivity contribution in [1.82, 2.24) is 9.80 Å². The van der Waals surface area contributed by atoms with E-state index in [-0.39, 0.29) is 18.5 Å². The third-order valence-corrected chi connectivity index (χ3v) is 5.28. The highest BCUT2D eigenvalue weighted by molar-refractivity contribution is 5.90. The first-order valence-corrected chi connectivity index (χ1v) is 9.21. The van der Waals surface area contributed by atoms with Gasteiger partial charge >= 0.3 is 5.97 Å². The molecule has 2 aromatic carbocycles. The lowest BCUT2D eigenvalue weighted by Crippen LogP contribution is -2.37. The van der Waals surface area contributed by atoms with Crippen molar-refractivity contribution in [3.8, 4) is 0 Å². The number of likely N-dealkylation sites (N-methyl/N-ethyl adjacent to an activating group) is 1. The maximum atomic E-state index is 12.8. The number of hydrogen-bond acceptors (Lipinski definition) is 3. The zero-order valence-corrected chi connectivity index (χ0v) is 15.2. The third kappa shape index (κ3) is 4.41. The SMILES string of the molecule is CN(CC(=O)O)C1CCCN(C(=O)Cc2cccc3ccccc23)CC1. The predicted octanol–water partition coefficient (Wildman–Crippen LogP) is 2.78. The average molecular weight is 354 g/mol. The third-order valence-electron chi connectivity index (χ3n) is 5.28. The van der Waals surface area contributed by atoms with Crippen LogP contribution < -0.4 is 0 Å². The Balaban J connectivity index is 1.64. The van der Waals surface area contributed by atoms with E-state index in [0.717, 1.165) is 42.1 Å². The fourth-order valence-corrected chi connectivity index (χ4v) is 3.83. The second-order valence-corrected chi connectivity index (χ2v) is 7.09. The zero-order valence-electron chi connectivity index (χ0n) is 15.2. The van der Waals surface area contributed by atoms with Gasteiger partial charge < -0.3 is 10.0 Å². The van der Waals surface area contributed by atoms with E-state index in [1.807, 2.05) is 41.1 Å². The number of hydrogen-bond donors (Lipinski definition) is 1. The summed E-state index contributed by atoms with van der Waals surface area (Å²) in [6.07, 6.45) is 3.08. The average Bonchev–Trinajstić information content (AvgIpc) is 2.88. The van der Waals surface area contributed by atoms with Crippen LogP contribution in [-0.4, -0.2) is 59.5 Å². The van der Waals surface area contributed by atoms with E-state index >= 15 is 0 Å². The molecule has 1 amide bonds. The summed E-state index contributed by atoms with van der Waals surface area (Å²) in [4.78, 5) is 27.6. The normalized spacial score (nSPS) is 18.1. The lowest BCUT2D eigenvalue weighted by molar-refractivity contribution is -0.138. The summed E-state index contributed by atoms with van der Waals surface area (Å²) in [7, 11) is 1.85. The van der Waals surface area contributed by atoms with Gasteiger partial charge in [0.1, 0.15) is 0 Å². The number of carbonyl (C=O) groups is 2. The Morgan fingerprint density at radius 3 is 2.69 bits per heavy atom. The number of nitrogens with zero attached hydrogens (tertiary/aromatic N) is 2. The minimum absolute atomic E-state index is 0.0502. The summed E-state index contributed by atoms with van der Waals surface area (Å²) in [6.45, 7) is 1.49. The Labute approximate surface area is 154 Å². The summed E-state index contributed by atoms with van der Waals surface area (Å²) in [6, 6.07) is 14.5. The van der Waals surface area contributed by atoms with E-state index in [0.29, 0.717) is 13.0 Å². The van der Waals surface area contributed by atoms with Gasteiger partial charge in [-0.1, -0.05) is 42.5 Å². The lowest BCUT2D eigenvalue weighted by atomic mass is 10.0. The predicted molar refractivity (Wildman–Crippen MR) is 102 cm³/mol. The number of carbonyl (C=O) groups excluding carboxylic acids is 1. The maximum absolute atomic E-state index is 12.8. The molecule has 5 nitrogen and oxygen atoms in total. The number of likely N-dealkylation sites (tertiary alicyclic amines) is 1. The van der Waals surface area contributed by atoms with Gasteiger partial charge in [-0.15, -0.1) is 0 Å². The van der Waals surface area contributed by atoms with Gasteiger partial charge in [0.15, 0.2) is 0 Å². The standard InChI is InChI=1S/C21H26N2O3/c1-22(15-21(25)26)18-9-5-12-23(13-11-18)20(24)14-17-8-4-7-16-6-2-3-10-19(16)17/h2-4,6-8,10,18H,5,9,11-15H2,1H3,(H,25,26). The molecule has 0 radical (unpaired) electrons. The van der Waals surface area contributed by atoms with Gasteiger partial charge in [-0.2, -0.15) is 0 Å². The number of rotatable bonds is 5. The fourth-order valence-electron chi connectivity index (χ4n) is 3.83. The van der Waals surface area contributed by atoms with Crippen molar-refractivity contribution >= 4 is 22.6 Å². The van der Waals surface area contributed by atoms with E-state index in [1.54, 1.807) is 0 Å². The van der Waals surface area contributed by atoms with Crippen LogP contribution in [-0.2, 0) is 16.0 Å². The first kappa shape index (κ1) is 18.4. The minimum atomic E-state index is -0.805. The Kier molecular flexibility index (Phi) is 5.89. The highest BCUT2D eigenvalue weighted by atomic mass is 16.4. The van der Waals surface area contributed by atoms with Gasteiger partial charge in [0.05, 0.1) is 13.0 Å². The molecule has 0 saturated carbocycles. The van der Waals surface area contributed by atoms with E-state index in [4.69, 9.17) is 5.11 Å². The van der Waals surface area contributed by atoms with Crippen LogP contribution in [0.4, 0.5) is 0 Å². The largest absolute Gasteiger partial charge is 0.480 e. The highest BCUT2D eigenvalue weighted by Crippen LogP contribution is 2.21. The molecule has 2 aromatic rings. The van der Waals surface area contributed by atoms with E-state index in [2.05, 4.69) is 18.2 Å². The molecular weight excluding hydrogens is 328 g/mol. The fraction of sp³-hybridized carbons (Fsp3) is 0.429. The molecule has 1 N–H and O–H groups in total. The van der Waals surface area contributed by atoms with Crippen molar-refractivity contribution in [3.63, 3.8) is 0 Å². The smallest absolute Gasteiger partial charge is 0.317 e. The van der Waals surface area contributed by atoms with Crippen LogP contribution in [0.2, 0.25) is 0 Å². The quantitative estimate of drug-likeness (QED) is 0.897. The van der Waals surface area contributed by atoms with E-state index < -0.39 is 5.97 Å². The van der Waals surface area contributed by atoms with Gasteiger partial charge in [-0.05, 0) is 42.6 Å². The Hall–Kier alpha value is -2.40. The lowest BCUT2D eigenvalue weighted by Gasteiger charge is -2.25. The van der Waals surface area contributed by atoms with Gasteiger partial charge in [0, 0.05) is 19.1 Å². The first-order valence-electron chi connectivity index (χ1n) is 9.21. The van der Waals surface area contributed by atoms with Crippen LogP contribution in [0.5, 0.6) is 0 Å². The number of benzene rings is 2. The van der Waals surface area contributed by atoms with Crippen LogP contribution in [0.1, 0.15) is 24.8 Å². The molecule has 1 aliphatic rings. The number of amides is 1. The molecule has 0 bridgehead atoms. The monoisotopic (exact) mass is 354 g/mol. The molecule has 1 unspecified atom stereocenters. The molecule has 26 heavy (non-hydrogen) atoms. The Morgan fingerprint density at radius 2 is 1.88 bits per heavy atom. The van der Waals surface area contributed by atoms with Crippen molar-refractivity contribution < 1.29 is 14.7 Å². The molecule has 0 aromatic heterocycles. The maximum Gasteiger partial charge on any atom is 0.317 e. The molecule has 1 fully saturated rings. The molecule has 1 atom stereocenters. The van der Waals surface area contributed by atoms with Crippen molar-refractivity contribution in [2.75, 3.05) is 26.7 Å². The van der Waals surface area contributed by atoms with Crippen LogP contribution in [0.25, 0.3) is 10.8 Å². The Morgan fingerprint density at radius 1 is 1.12 bits per heavy atom. The second-order valence-electron chi connectivity index (χ2n) is 7.09.